The van der Waals surface area contributed by atoms with Gasteiger partial charge in [-0.3, -0.25) is 4.90 Å². The van der Waals surface area contributed by atoms with Gasteiger partial charge in [-0.05, 0) is 39.3 Å². The number of allylic oxidation sites excluding steroid dienone is 2. The second kappa shape index (κ2) is 8.87. The Kier molecular flexibility index (Phi) is 6.28. The summed E-state index contributed by atoms with van der Waals surface area (Å²) in [7, 11) is 3.30. The Labute approximate surface area is 198 Å². The quantitative estimate of drug-likeness (QED) is 0.660. The molecule has 0 bridgehead atoms. The molecule has 0 saturated carbocycles. The fourth-order valence-electron chi connectivity index (χ4n) is 4.18. The molecule has 0 aromatic carbocycles. The number of imidazole rings is 1. The van der Waals surface area contributed by atoms with Crippen LogP contribution in [0.4, 0.5) is 10.5 Å². The van der Waals surface area contributed by atoms with Crippen molar-refractivity contribution in [2.24, 2.45) is 0 Å². The van der Waals surface area contributed by atoms with Crippen molar-refractivity contribution in [3.63, 3.8) is 0 Å². The van der Waals surface area contributed by atoms with Crippen LogP contribution in [0.5, 0.6) is 0 Å². The van der Waals surface area contributed by atoms with E-state index in [0.717, 1.165) is 28.4 Å². The Bertz CT molecular complexity index is 1130. The molecule has 1 unspecified atom stereocenters. The number of carbonyl (C=O) groups is 1. The maximum Gasteiger partial charge on any atom is 0.411 e. The van der Waals surface area contributed by atoms with E-state index in [0.29, 0.717) is 37.0 Å². The smallest absolute Gasteiger partial charge is 0.411 e. The van der Waals surface area contributed by atoms with Crippen molar-refractivity contribution in [1.82, 2.24) is 19.5 Å². The number of rotatable bonds is 4. The molecule has 9 nitrogen and oxygen atoms in total. The highest BCUT2D eigenvalue weighted by Gasteiger charge is 2.31. The maximum atomic E-state index is 12.5. The van der Waals surface area contributed by atoms with Crippen LogP contribution in [0.3, 0.4) is 0 Å². The number of ether oxygens (including phenoxy) is 3. The van der Waals surface area contributed by atoms with Crippen LogP contribution in [0.15, 0.2) is 24.0 Å². The lowest BCUT2D eigenvalue weighted by molar-refractivity contribution is 0.0297. The van der Waals surface area contributed by atoms with Crippen LogP contribution in [0, 0.1) is 6.92 Å². The zero-order valence-electron chi connectivity index (χ0n) is 19.9. The molecular weight excluding hydrogens is 446 g/mol. The van der Waals surface area contributed by atoms with Crippen LogP contribution in [-0.4, -0.2) is 71.3 Å². The topological polar surface area (TPSA) is 81.4 Å². The highest BCUT2D eigenvalue weighted by Crippen LogP contribution is 2.34. The van der Waals surface area contributed by atoms with Crippen LogP contribution >= 0.6 is 11.6 Å². The van der Waals surface area contributed by atoms with Gasteiger partial charge in [-0.25, -0.2) is 14.3 Å². The minimum atomic E-state index is -0.544. The van der Waals surface area contributed by atoms with E-state index in [9.17, 15) is 4.79 Å². The van der Waals surface area contributed by atoms with E-state index in [1.54, 1.807) is 29.7 Å². The number of methoxy groups -OCH3 is 2. The first-order valence-corrected chi connectivity index (χ1v) is 11.3. The molecule has 2 aromatic heterocycles. The van der Waals surface area contributed by atoms with Gasteiger partial charge in [0.05, 0.1) is 30.9 Å². The summed E-state index contributed by atoms with van der Waals surface area (Å²) in [6.07, 6.45) is 4.04. The fourth-order valence-corrected chi connectivity index (χ4v) is 4.36. The zero-order chi connectivity index (χ0) is 23.9. The summed E-state index contributed by atoms with van der Waals surface area (Å²) in [5.41, 5.74) is 3.72. The second-order valence-electron chi connectivity index (χ2n) is 9.18. The van der Waals surface area contributed by atoms with Crippen molar-refractivity contribution in [1.29, 1.82) is 0 Å². The van der Waals surface area contributed by atoms with Crippen LogP contribution in [0.2, 0.25) is 5.15 Å². The minimum Gasteiger partial charge on any atom is -0.498 e. The van der Waals surface area contributed by atoms with Crippen LogP contribution in [0.1, 0.15) is 38.6 Å². The minimum absolute atomic E-state index is 0.181. The molecule has 0 radical (unpaired) electrons. The van der Waals surface area contributed by atoms with Crippen LogP contribution in [-0.2, 0) is 14.2 Å². The van der Waals surface area contributed by atoms with E-state index >= 15 is 0 Å². The van der Waals surface area contributed by atoms with Crippen molar-refractivity contribution in [2.45, 2.75) is 45.8 Å². The third kappa shape index (κ3) is 4.65. The molecule has 1 saturated heterocycles. The lowest BCUT2D eigenvalue weighted by Crippen LogP contribution is -2.36. The van der Waals surface area contributed by atoms with Gasteiger partial charge in [-0.1, -0.05) is 17.7 Å². The van der Waals surface area contributed by atoms with Crippen molar-refractivity contribution >= 4 is 34.6 Å². The summed E-state index contributed by atoms with van der Waals surface area (Å²) < 4.78 is 18.3. The molecular formula is C23H30ClN5O4. The Morgan fingerprint density at radius 3 is 2.64 bits per heavy atom. The number of hydrogen-bond acceptors (Lipinski definition) is 7. The molecule has 10 heteroatoms. The van der Waals surface area contributed by atoms with Gasteiger partial charge in [-0.2, -0.15) is 5.10 Å². The van der Waals surface area contributed by atoms with Gasteiger partial charge < -0.3 is 19.1 Å². The SMILES string of the molecule is COC1=CC=C(c2c(C)nc3c(N4CCN(C(=O)OC(C)(C)C)C4)cc(Cl)nn23)CC1OC. The summed E-state index contributed by atoms with van der Waals surface area (Å²) in [6.45, 7) is 9.12. The van der Waals surface area contributed by atoms with E-state index in [2.05, 4.69) is 10.00 Å². The van der Waals surface area contributed by atoms with Crippen molar-refractivity contribution in [3.8, 4) is 0 Å². The Balaban J connectivity index is 1.68. The standard InChI is InChI=1S/C23H30ClN5O4/c1-14-20(15-7-8-17(31-5)18(11-15)32-6)29-21(25-14)16(12-19(24)26-29)27-9-10-28(13-27)22(30)33-23(2,3)4/h7-8,12,18H,9-11,13H2,1-6H3. The van der Waals surface area contributed by atoms with Gasteiger partial charge in [0.25, 0.3) is 0 Å². The number of hydrogen-bond donors (Lipinski definition) is 0. The van der Waals surface area contributed by atoms with Gasteiger partial charge in [0.15, 0.2) is 10.8 Å². The molecule has 3 heterocycles. The van der Waals surface area contributed by atoms with E-state index in [1.807, 2.05) is 39.8 Å². The van der Waals surface area contributed by atoms with Crippen molar-refractivity contribution in [2.75, 3.05) is 38.9 Å². The molecule has 1 amide bonds. The maximum absolute atomic E-state index is 12.5. The van der Waals surface area contributed by atoms with Gasteiger partial charge in [0.1, 0.15) is 17.5 Å². The van der Waals surface area contributed by atoms with Gasteiger partial charge >= 0.3 is 6.09 Å². The molecule has 178 valence electrons. The van der Waals surface area contributed by atoms with Gasteiger partial charge in [-0.15, -0.1) is 0 Å². The van der Waals surface area contributed by atoms with E-state index in [4.69, 9.17) is 30.8 Å². The first-order chi connectivity index (χ1) is 15.6. The summed E-state index contributed by atoms with van der Waals surface area (Å²) in [5.74, 6) is 0.777. The predicted octanol–water partition coefficient (Wildman–Crippen LogP) is 4.04. The lowest BCUT2D eigenvalue weighted by atomic mass is 9.97. The summed E-state index contributed by atoms with van der Waals surface area (Å²) in [4.78, 5) is 21.1. The molecule has 1 aliphatic heterocycles. The number of aryl methyl sites for hydroxylation is 1. The number of carbonyl (C=O) groups excluding carboxylic acids is 1. The largest absolute Gasteiger partial charge is 0.498 e. The molecule has 0 spiro atoms. The number of halogens is 1. The number of anilines is 1. The fraction of sp³-hybridized carbons (Fsp3) is 0.522. The van der Waals surface area contributed by atoms with Crippen LogP contribution < -0.4 is 4.90 Å². The van der Waals surface area contributed by atoms with Gasteiger partial charge in [0.2, 0.25) is 0 Å². The Hall–Kier alpha value is -2.78. The van der Waals surface area contributed by atoms with Crippen molar-refractivity contribution < 1.29 is 19.0 Å². The number of fused-ring (bicyclic) bond motifs is 1. The molecule has 1 aliphatic carbocycles. The first-order valence-electron chi connectivity index (χ1n) is 10.9. The molecule has 0 N–H and O–H groups in total. The highest BCUT2D eigenvalue weighted by molar-refractivity contribution is 6.29. The molecule has 2 aliphatic rings. The predicted molar refractivity (Wildman–Crippen MR) is 126 cm³/mol. The van der Waals surface area contributed by atoms with Crippen LogP contribution in [0.25, 0.3) is 11.2 Å². The summed E-state index contributed by atoms with van der Waals surface area (Å²) in [6, 6.07) is 1.79. The monoisotopic (exact) mass is 475 g/mol. The third-order valence-electron chi connectivity index (χ3n) is 5.68. The Morgan fingerprint density at radius 1 is 1.21 bits per heavy atom. The lowest BCUT2D eigenvalue weighted by Gasteiger charge is -2.25. The van der Waals surface area contributed by atoms with E-state index in [1.165, 1.54) is 0 Å². The molecule has 4 rings (SSSR count). The Morgan fingerprint density at radius 2 is 1.97 bits per heavy atom. The number of aromatic nitrogens is 3. The van der Waals surface area contributed by atoms with Crippen molar-refractivity contribution in [3.05, 3.63) is 40.5 Å². The normalized spacial score (nSPS) is 19.1. The average molecular weight is 476 g/mol. The highest BCUT2D eigenvalue weighted by atomic mass is 35.5. The third-order valence-corrected chi connectivity index (χ3v) is 5.86. The summed E-state index contributed by atoms with van der Waals surface area (Å²) in [5, 5.41) is 4.90. The van der Waals surface area contributed by atoms with E-state index < -0.39 is 5.60 Å². The molecule has 2 aromatic rings. The molecule has 1 atom stereocenters. The van der Waals surface area contributed by atoms with E-state index in [-0.39, 0.29) is 12.2 Å². The number of nitrogens with zero attached hydrogens (tertiary/aromatic N) is 5. The summed E-state index contributed by atoms with van der Waals surface area (Å²) >= 11 is 6.44. The van der Waals surface area contributed by atoms with Gasteiger partial charge in [0, 0.05) is 32.7 Å². The second-order valence-corrected chi connectivity index (χ2v) is 9.56. The number of amides is 1. The average Bonchev–Trinajstić information content (AvgIpc) is 3.36. The first kappa shape index (κ1) is 23.4. The molecule has 33 heavy (non-hydrogen) atoms. The molecule has 1 fully saturated rings. The zero-order valence-corrected chi connectivity index (χ0v) is 20.6.